The van der Waals surface area contributed by atoms with Crippen LogP contribution in [0, 0.1) is 6.92 Å². The summed E-state index contributed by atoms with van der Waals surface area (Å²) in [6.45, 7) is 1.91. The van der Waals surface area contributed by atoms with Gasteiger partial charge in [0.2, 0.25) is 0 Å². The average Bonchev–Trinajstić information content (AvgIpc) is 2.72. The highest BCUT2D eigenvalue weighted by molar-refractivity contribution is 6.23. The average molecular weight is 255 g/mol. The minimum atomic E-state index is -0.0497. The molecule has 0 unspecified atom stereocenters. The zero-order chi connectivity index (χ0) is 13.6. The molecule has 0 fully saturated rings. The van der Waals surface area contributed by atoms with E-state index in [0.29, 0.717) is 22.6 Å². The molecule has 2 aromatic rings. The SMILES string of the molecule is COc1ccc2c(c1OC)C(=O)c1c(C)ccnc1-2. The second-order valence-electron chi connectivity index (χ2n) is 4.40. The van der Waals surface area contributed by atoms with Crippen molar-refractivity contribution in [1.82, 2.24) is 4.98 Å². The molecule has 0 radical (unpaired) electrons. The van der Waals surface area contributed by atoms with Crippen LogP contribution in [0.25, 0.3) is 11.3 Å². The van der Waals surface area contributed by atoms with E-state index >= 15 is 0 Å². The number of benzene rings is 1. The largest absolute Gasteiger partial charge is 0.493 e. The number of carbonyl (C=O) groups excluding carboxylic acids is 1. The summed E-state index contributed by atoms with van der Waals surface area (Å²) in [5, 5.41) is 0. The molecule has 0 amide bonds. The van der Waals surface area contributed by atoms with Crippen LogP contribution in [-0.4, -0.2) is 25.0 Å². The van der Waals surface area contributed by atoms with Crippen LogP contribution >= 0.6 is 0 Å². The maximum atomic E-state index is 12.6. The lowest BCUT2D eigenvalue weighted by molar-refractivity contribution is 0.103. The van der Waals surface area contributed by atoms with Crippen LogP contribution in [0.3, 0.4) is 0 Å². The summed E-state index contributed by atoms with van der Waals surface area (Å²) in [4.78, 5) is 16.9. The first-order valence-electron chi connectivity index (χ1n) is 5.94. The molecule has 1 aromatic carbocycles. The number of aromatic nitrogens is 1. The van der Waals surface area contributed by atoms with E-state index < -0.39 is 0 Å². The van der Waals surface area contributed by atoms with Gasteiger partial charge in [-0.15, -0.1) is 0 Å². The van der Waals surface area contributed by atoms with Crippen molar-refractivity contribution in [2.24, 2.45) is 0 Å². The van der Waals surface area contributed by atoms with E-state index in [-0.39, 0.29) is 5.78 Å². The summed E-state index contributed by atoms with van der Waals surface area (Å²) < 4.78 is 10.6. The number of methoxy groups -OCH3 is 2. The van der Waals surface area contributed by atoms with Gasteiger partial charge in [0, 0.05) is 11.8 Å². The third-order valence-electron chi connectivity index (χ3n) is 3.41. The zero-order valence-corrected chi connectivity index (χ0v) is 11.0. The van der Waals surface area contributed by atoms with Gasteiger partial charge in [-0.2, -0.15) is 0 Å². The van der Waals surface area contributed by atoms with Crippen LogP contribution in [0.5, 0.6) is 11.5 Å². The van der Waals surface area contributed by atoms with Gasteiger partial charge in [-0.05, 0) is 30.7 Å². The predicted molar refractivity (Wildman–Crippen MR) is 70.9 cm³/mol. The standard InChI is InChI=1S/C15H13NO3/c1-8-6-7-16-13-9-4-5-10(18-2)15(19-3)12(9)14(17)11(8)13/h4-7H,1-3H3. The Morgan fingerprint density at radius 3 is 2.53 bits per heavy atom. The van der Waals surface area contributed by atoms with Gasteiger partial charge >= 0.3 is 0 Å². The molecule has 0 saturated carbocycles. The van der Waals surface area contributed by atoms with Gasteiger partial charge in [0.25, 0.3) is 0 Å². The Morgan fingerprint density at radius 1 is 1.05 bits per heavy atom. The van der Waals surface area contributed by atoms with Gasteiger partial charge in [0.15, 0.2) is 17.3 Å². The molecular formula is C15H13NO3. The number of nitrogens with zero attached hydrogens (tertiary/aromatic N) is 1. The van der Waals surface area contributed by atoms with Crippen LogP contribution in [0.4, 0.5) is 0 Å². The number of rotatable bonds is 2. The summed E-state index contributed by atoms with van der Waals surface area (Å²) >= 11 is 0. The Bertz CT molecular complexity index is 692. The van der Waals surface area contributed by atoms with Gasteiger partial charge in [-0.1, -0.05) is 0 Å². The van der Waals surface area contributed by atoms with Crippen LogP contribution < -0.4 is 9.47 Å². The van der Waals surface area contributed by atoms with Crippen molar-refractivity contribution in [3.05, 3.63) is 41.1 Å². The van der Waals surface area contributed by atoms with E-state index in [2.05, 4.69) is 4.98 Å². The topological polar surface area (TPSA) is 48.4 Å². The molecule has 1 aliphatic carbocycles. The number of ether oxygens (including phenoxy) is 2. The molecule has 4 nitrogen and oxygen atoms in total. The molecule has 1 heterocycles. The lowest BCUT2D eigenvalue weighted by Crippen LogP contribution is -2.02. The Balaban J connectivity index is 2.36. The van der Waals surface area contributed by atoms with E-state index in [1.807, 2.05) is 19.1 Å². The van der Waals surface area contributed by atoms with Crippen molar-refractivity contribution >= 4 is 5.78 Å². The molecule has 4 heteroatoms. The summed E-state index contributed by atoms with van der Waals surface area (Å²) in [5.74, 6) is 0.980. The lowest BCUT2D eigenvalue weighted by Gasteiger charge is -2.10. The number of aryl methyl sites for hydroxylation is 1. The maximum absolute atomic E-state index is 12.6. The highest BCUT2D eigenvalue weighted by Crippen LogP contribution is 2.45. The number of fused-ring (bicyclic) bond motifs is 3. The van der Waals surface area contributed by atoms with Gasteiger partial charge in [0.1, 0.15) is 0 Å². The van der Waals surface area contributed by atoms with Crippen molar-refractivity contribution in [1.29, 1.82) is 0 Å². The van der Waals surface area contributed by atoms with E-state index in [9.17, 15) is 4.79 Å². The molecule has 19 heavy (non-hydrogen) atoms. The van der Waals surface area contributed by atoms with Gasteiger partial charge in [-0.3, -0.25) is 9.78 Å². The molecule has 0 aliphatic heterocycles. The summed E-state index contributed by atoms with van der Waals surface area (Å²) in [6.07, 6.45) is 1.72. The first-order valence-corrected chi connectivity index (χ1v) is 5.94. The first-order chi connectivity index (χ1) is 9.19. The zero-order valence-electron chi connectivity index (χ0n) is 11.0. The van der Waals surface area contributed by atoms with Crippen molar-refractivity contribution in [2.45, 2.75) is 6.92 Å². The monoisotopic (exact) mass is 255 g/mol. The van der Waals surface area contributed by atoms with E-state index in [4.69, 9.17) is 9.47 Å². The minimum Gasteiger partial charge on any atom is -0.493 e. The summed E-state index contributed by atoms with van der Waals surface area (Å²) in [5.41, 5.74) is 3.65. The van der Waals surface area contributed by atoms with Gasteiger partial charge in [-0.25, -0.2) is 0 Å². The number of hydrogen-bond acceptors (Lipinski definition) is 4. The van der Waals surface area contributed by atoms with E-state index in [1.165, 1.54) is 7.11 Å². The Morgan fingerprint density at radius 2 is 1.84 bits per heavy atom. The van der Waals surface area contributed by atoms with Crippen LogP contribution in [-0.2, 0) is 0 Å². The quantitative estimate of drug-likeness (QED) is 0.706. The molecule has 96 valence electrons. The second-order valence-corrected chi connectivity index (χ2v) is 4.40. The third kappa shape index (κ3) is 1.46. The van der Waals surface area contributed by atoms with E-state index in [0.717, 1.165) is 16.8 Å². The Kier molecular flexibility index (Phi) is 2.52. The molecule has 0 N–H and O–H groups in total. The first kappa shape index (κ1) is 11.7. The second kappa shape index (κ2) is 4.09. The predicted octanol–water partition coefficient (Wildman–Crippen LogP) is 2.62. The highest BCUT2D eigenvalue weighted by atomic mass is 16.5. The third-order valence-corrected chi connectivity index (χ3v) is 3.41. The Hall–Kier alpha value is -2.36. The van der Waals surface area contributed by atoms with Crippen LogP contribution in [0.15, 0.2) is 24.4 Å². The number of carbonyl (C=O) groups is 1. The van der Waals surface area contributed by atoms with Crippen molar-refractivity contribution in [3.63, 3.8) is 0 Å². The maximum Gasteiger partial charge on any atom is 0.200 e. The fourth-order valence-corrected chi connectivity index (χ4v) is 2.52. The molecular weight excluding hydrogens is 242 g/mol. The van der Waals surface area contributed by atoms with Crippen molar-refractivity contribution in [2.75, 3.05) is 14.2 Å². The fourth-order valence-electron chi connectivity index (χ4n) is 2.52. The van der Waals surface area contributed by atoms with Gasteiger partial charge in [0.05, 0.1) is 31.0 Å². The molecule has 3 rings (SSSR count). The number of hydrogen-bond donors (Lipinski definition) is 0. The number of pyridine rings is 1. The highest BCUT2D eigenvalue weighted by Gasteiger charge is 2.33. The fraction of sp³-hybridized carbons (Fsp3) is 0.200. The minimum absolute atomic E-state index is 0.0497. The van der Waals surface area contributed by atoms with Crippen molar-refractivity contribution in [3.8, 4) is 22.8 Å². The smallest absolute Gasteiger partial charge is 0.200 e. The van der Waals surface area contributed by atoms with Crippen LogP contribution in [0.2, 0.25) is 0 Å². The Labute approximate surface area is 111 Å². The number of ketones is 1. The summed E-state index contributed by atoms with van der Waals surface area (Å²) in [6, 6.07) is 5.49. The lowest BCUT2D eigenvalue weighted by atomic mass is 10.1. The van der Waals surface area contributed by atoms with Crippen LogP contribution in [0.1, 0.15) is 21.5 Å². The normalized spacial score (nSPS) is 12.1. The van der Waals surface area contributed by atoms with Crippen molar-refractivity contribution < 1.29 is 14.3 Å². The molecule has 0 spiro atoms. The van der Waals surface area contributed by atoms with E-state index in [1.54, 1.807) is 19.4 Å². The summed E-state index contributed by atoms with van der Waals surface area (Å²) in [7, 11) is 3.09. The van der Waals surface area contributed by atoms with Gasteiger partial charge < -0.3 is 9.47 Å². The molecule has 0 saturated heterocycles. The molecule has 0 atom stereocenters. The molecule has 1 aliphatic rings. The molecule has 1 aromatic heterocycles. The molecule has 0 bridgehead atoms.